The topological polar surface area (TPSA) is 51.8 Å². The Kier molecular flexibility index (Phi) is 10.0. The van der Waals surface area contributed by atoms with Crippen LogP contribution in [0.1, 0.15) is 24.8 Å². The average Bonchev–Trinajstić information content (AvgIpc) is 4.15. The fourth-order valence-electron chi connectivity index (χ4n) is 12.1. The van der Waals surface area contributed by atoms with Crippen molar-refractivity contribution in [2.75, 3.05) is 4.90 Å². The number of allylic oxidation sites excluding steroid dienone is 6. The first-order valence-electron chi connectivity index (χ1n) is 26.0. The molecule has 354 valence electrons. The minimum Gasteiger partial charge on any atom is -0.310 e. The van der Waals surface area contributed by atoms with Crippen LogP contribution in [0.5, 0.6) is 0 Å². The summed E-state index contributed by atoms with van der Waals surface area (Å²) in [5.74, 6) is 1.83. The number of aromatic nitrogens is 5. The van der Waals surface area contributed by atoms with E-state index in [1.54, 1.807) is 0 Å². The zero-order chi connectivity index (χ0) is 49.4. The van der Waals surface area contributed by atoms with E-state index in [2.05, 4.69) is 263 Å². The highest BCUT2D eigenvalue weighted by Crippen LogP contribution is 2.49. The Morgan fingerprint density at radius 1 is 0.400 bits per heavy atom. The second-order valence-electron chi connectivity index (χ2n) is 19.7. The summed E-state index contributed by atoms with van der Waals surface area (Å²) < 4.78 is 4.90. The standard InChI is InChI=1S/C69H48N6/c1-4-20-45(21-5-1)47-38-40-48(41-39-47)67-70-68(72-69(71-67)75-58-32-14-10-26-51(58)52-27-11-15-33-59(52)75)57-43-42-49(46-22-6-2-7-23-46)44-64(57)74-61-35-17-13-29-56(61)66-54(31-19-37-63(66)74)53-30-18-36-62-65(53)55-28-12-16-34-60(55)73(62)50-24-8-3-9-25-50/h1-2,4-8,10-32,34-44,59H,3,9,33H2. The lowest BCUT2D eigenvalue weighted by atomic mass is 9.95. The molecule has 15 rings (SSSR count). The number of fused-ring (bicyclic) bond motifs is 9. The molecule has 4 heterocycles. The van der Waals surface area contributed by atoms with Crippen LogP contribution in [0.25, 0.3) is 117 Å². The van der Waals surface area contributed by atoms with Crippen molar-refractivity contribution in [2.24, 2.45) is 0 Å². The molecule has 6 heteroatoms. The molecular formula is C69H48N6. The third-order valence-electron chi connectivity index (χ3n) is 15.5. The highest BCUT2D eigenvalue weighted by atomic mass is 15.3. The van der Waals surface area contributed by atoms with E-state index >= 15 is 0 Å². The van der Waals surface area contributed by atoms with E-state index in [-0.39, 0.29) is 6.04 Å². The third-order valence-corrected chi connectivity index (χ3v) is 15.5. The molecule has 6 nitrogen and oxygen atoms in total. The van der Waals surface area contributed by atoms with Crippen molar-refractivity contribution in [1.82, 2.24) is 24.1 Å². The maximum absolute atomic E-state index is 5.60. The number of benzene rings is 9. The summed E-state index contributed by atoms with van der Waals surface area (Å²) in [6, 6.07) is 76.7. The van der Waals surface area contributed by atoms with Crippen LogP contribution in [-0.4, -0.2) is 30.1 Å². The fraction of sp³-hybridized carbons (Fsp3) is 0.0580. The lowest BCUT2D eigenvalue weighted by molar-refractivity contribution is 0.798. The average molecular weight is 961 g/mol. The summed E-state index contributed by atoms with van der Waals surface area (Å²) >= 11 is 0. The molecule has 0 amide bonds. The van der Waals surface area contributed by atoms with Gasteiger partial charge in [-0.3, -0.25) is 0 Å². The summed E-state index contributed by atoms with van der Waals surface area (Å²) in [5, 5.41) is 4.86. The Morgan fingerprint density at radius 2 is 0.973 bits per heavy atom. The molecule has 12 aromatic rings. The van der Waals surface area contributed by atoms with Gasteiger partial charge in [-0.1, -0.05) is 200 Å². The van der Waals surface area contributed by atoms with E-state index in [4.69, 9.17) is 15.0 Å². The second kappa shape index (κ2) is 17.5. The molecule has 1 aliphatic heterocycles. The number of rotatable bonds is 8. The van der Waals surface area contributed by atoms with Gasteiger partial charge >= 0.3 is 0 Å². The monoisotopic (exact) mass is 960 g/mol. The largest absolute Gasteiger partial charge is 0.310 e. The Bertz CT molecular complexity index is 4380. The molecule has 1 atom stereocenters. The van der Waals surface area contributed by atoms with Crippen LogP contribution in [0.3, 0.4) is 0 Å². The van der Waals surface area contributed by atoms with Gasteiger partial charge in [-0.15, -0.1) is 0 Å². The van der Waals surface area contributed by atoms with Crippen LogP contribution in [0.4, 0.5) is 11.6 Å². The molecule has 0 saturated heterocycles. The normalized spacial score (nSPS) is 14.9. The molecule has 9 aromatic carbocycles. The summed E-state index contributed by atoms with van der Waals surface area (Å²) in [6.07, 6.45) is 16.6. The smallest absolute Gasteiger partial charge is 0.234 e. The van der Waals surface area contributed by atoms with Crippen LogP contribution in [0.2, 0.25) is 0 Å². The van der Waals surface area contributed by atoms with Crippen molar-refractivity contribution in [2.45, 2.75) is 25.3 Å². The minimum atomic E-state index is 0.0426. The zero-order valence-corrected chi connectivity index (χ0v) is 41.1. The third kappa shape index (κ3) is 6.98. The van der Waals surface area contributed by atoms with Crippen LogP contribution in [0.15, 0.2) is 249 Å². The lowest BCUT2D eigenvalue weighted by Gasteiger charge is -2.27. The first-order chi connectivity index (χ1) is 37.2. The van der Waals surface area contributed by atoms with E-state index in [9.17, 15) is 0 Å². The summed E-state index contributed by atoms with van der Waals surface area (Å²) in [7, 11) is 0. The van der Waals surface area contributed by atoms with Crippen LogP contribution >= 0.6 is 0 Å². The van der Waals surface area contributed by atoms with Gasteiger partial charge in [0.1, 0.15) is 0 Å². The summed E-state index contributed by atoms with van der Waals surface area (Å²) in [4.78, 5) is 18.9. The lowest BCUT2D eigenvalue weighted by Crippen LogP contribution is -2.29. The molecule has 1 unspecified atom stereocenters. The summed E-state index contributed by atoms with van der Waals surface area (Å²) in [5.41, 5.74) is 19.1. The van der Waals surface area contributed by atoms with Gasteiger partial charge in [0.2, 0.25) is 5.95 Å². The van der Waals surface area contributed by atoms with Crippen molar-refractivity contribution in [3.05, 3.63) is 254 Å². The van der Waals surface area contributed by atoms with Crippen molar-refractivity contribution in [1.29, 1.82) is 0 Å². The van der Waals surface area contributed by atoms with E-state index < -0.39 is 0 Å². The zero-order valence-electron chi connectivity index (χ0n) is 41.1. The number of nitrogens with zero attached hydrogens (tertiary/aromatic N) is 6. The van der Waals surface area contributed by atoms with Crippen LogP contribution in [0, 0.1) is 0 Å². The molecule has 0 fully saturated rings. The molecule has 3 aromatic heterocycles. The number of hydrogen-bond donors (Lipinski definition) is 0. The molecule has 0 radical (unpaired) electrons. The van der Waals surface area contributed by atoms with Gasteiger partial charge in [0.25, 0.3) is 0 Å². The van der Waals surface area contributed by atoms with Crippen molar-refractivity contribution in [3.63, 3.8) is 0 Å². The van der Waals surface area contributed by atoms with Gasteiger partial charge in [0, 0.05) is 43.9 Å². The van der Waals surface area contributed by atoms with E-state index in [0.717, 1.165) is 75.1 Å². The second-order valence-corrected chi connectivity index (χ2v) is 19.7. The van der Waals surface area contributed by atoms with Crippen LogP contribution < -0.4 is 4.90 Å². The molecule has 75 heavy (non-hydrogen) atoms. The minimum absolute atomic E-state index is 0.0426. The molecule has 2 aliphatic carbocycles. The van der Waals surface area contributed by atoms with Gasteiger partial charge in [-0.05, 0) is 107 Å². The van der Waals surface area contributed by atoms with E-state index in [0.29, 0.717) is 17.6 Å². The van der Waals surface area contributed by atoms with E-state index in [1.807, 2.05) is 0 Å². The van der Waals surface area contributed by atoms with Crippen LogP contribution in [-0.2, 0) is 0 Å². The van der Waals surface area contributed by atoms with Gasteiger partial charge in [-0.25, -0.2) is 4.98 Å². The fourth-order valence-corrected chi connectivity index (χ4v) is 12.1. The highest BCUT2D eigenvalue weighted by Gasteiger charge is 2.37. The first-order valence-corrected chi connectivity index (χ1v) is 26.0. The Labute approximate surface area is 434 Å². The molecule has 0 N–H and O–H groups in total. The molecule has 0 saturated carbocycles. The van der Waals surface area contributed by atoms with E-state index in [1.165, 1.54) is 60.5 Å². The predicted molar refractivity (Wildman–Crippen MR) is 311 cm³/mol. The van der Waals surface area contributed by atoms with Crippen molar-refractivity contribution >= 4 is 66.5 Å². The Morgan fingerprint density at radius 3 is 1.69 bits per heavy atom. The Balaban J connectivity index is 0.985. The predicted octanol–water partition coefficient (Wildman–Crippen LogP) is 17.5. The molecule has 0 spiro atoms. The number of para-hydroxylation sites is 3. The van der Waals surface area contributed by atoms with Gasteiger partial charge in [-0.2, -0.15) is 9.97 Å². The molecular weight excluding hydrogens is 913 g/mol. The SMILES string of the molecule is C1=CCC2C(=C1)c1ccccc1N2c1nc(-c2ccc(-c3ccccc3)cc2)nc(-c2ccc(-c3ccccc3)cc2-n2c3ccccc3c3c(-c4cccc5c4c4ccccc4n5C4=CCCC=C4)cccc32)n1. The molecule has 0 bridgehead atoms. The van der Waals surface area contributed by atoms with Gasteiger partial charge in [0.05, 0.1) is 39.5 Å². The van der Waals surface area contributed by atoms with Gasteiger partial charge < -0.3 is 14.0 Å². The summed E-state index contributed by atoms with van der Waals surface area (Å²) in [6.45, 7) is 0. The van der Waals surface area contributed by atoms with Crippen molar-refractivity contribution in [3.8, 4) is 61.8 Å². The van der Waals surface area contributed by atoms with Gasteiger partial charge in [0.15, 0.2) is 11.6 Å². The first kappa shape index (κ1) is 43.0. The quantitative estimate of drug-likeness (QED) is 0.152. The number of anilines is 2. The maximum atomic E-state index is 5.60. The Hall–Kier alpha value is -9.65. The number of hydrogen-bond acceptors (Lipinski definition) is 4. The maximum Gasteiger partial charge on any atom is 0.234 e. The highest BCUT2D eigenvalue weighted by molar-refractivity contribution is 6.22. The van der Waals surface area contributed by atoms with Crippen molar-refractivity contribution < 1.29 is 0 Å². The molecule has 3 aliphatic rings.